The van der Waals surface area contributed by atoms with Crippen molar-refractivity contribution >= 4 is 11.7 Å². The Morgan fingerprint density at radius 2 is 1.95 bits per heavy atom. The molecule has 0 aliphatic carbocycles. The van der Waals surface area contributed by atoms with Gasteiger partial charge in [0.15, 0.2) is 0 Å². The first-order valence-corrected chi connectivity index (χ1v) is 7.06. The number of likely N-dealkylation sites (tertiary alicyclic amines) is 1. The van der Waals surface area contributed by atoms with Crippen LogP contribution in [0.1, 0.15) is 30.4 Å². The van der Waals surface area contributed by atoms with E-state index < -0.39 is 0 Å². The summed E-state index contributed by atoms with van der Waals surface area (Å²) in [6, 6.07) is 6.00. The molecular formula is C16H21NO3. The number of hydrogen-bond acceptors (Lipinski definition) is 3. The first-order valence-electron chi connectivity index (χ1n) is 7.06. The highest BCUT2D eigenvalue weighted by Gasteiger charge is 2.20. The molecule has 4 nitrogen and oxygen atoms in total. The molecule has 4 heteroatoms. The summed E-state index contributed by atoms with van der Waals surface area (Å²) in [4.78, 5) is 24.9. The fourth-order valence-electron chi connectivity index (χ4n) is 2.37. The maximum Gasteiger partial charge on any atom is 0.226 e. The van der Waals surface area contributed by atoms with Crippen LogP contribution in [0.25, 0.3) is 0 Å². The molecule has 0 aromatic heterocycles. The number of carbonyl (C=O) groups is 2. The van der Waals surface area contributed by atoms with Crippen molar-refractivity contribution in [3.05, 3.63) is 29.3 Å². The van der Waals surface area contributed by atoms with Gasteiger partial charge in [-0.25, -0.2) is 0 Å². The largest absolute Gasteiger partial charge is 0.493 e. The third-order valence-corrected chi connectivity index (χ3v) is 3.58. The van der Waals surface area contributed by atoms with Crippen LogP contribution >= 0.6 is 0 Å². The predicted octanol–water partition coefficient (Wildman–Crippen LogP) is 2.26. The van der Waals surface area contributed by atoms with Crippen LogP contribution in [0.2, 0.25) is 0 Å². The minimum atomic E-state index is 0.0715. The molecule has 0 bridgehead atoms. The zero-order valence-electron chi connectivity index (χ0n) is 12.1. The highest BCUT2D eigenvalue weighted by molar-refractivity contribution is 5.83. The van der Waals surface area contributed by atoms with Crippen LogP contribution in [0.5, 0.6) is 5.75 Å². The van der Waals surface area contributed by atoms with Gasteiger partial charge < -0.3 is 9.64 Å². The summed E-state index contributed by atoms with van der Waals surface area (Å²) in [7, 11) is 0. The summed E-state index contributed by atoms with van der Waals surface area (Å²) in [6.07, 6.45) is 1.34. The summed E-state index contributed by atoms with van der Waals surface area (Å²) in [5.41, 5.74) is 2.28. The van der Waals surface area contributed by atoms with E-state index in [4.69, 9.17) is 4.74 Å². The molecular weight excluding hydrogens is 254 g/mol. The molecule has 0 radical (unpaired) electrons. The summed E-state index contributed by atoms with van der Waals surface area (Å²) in [5, 5.41) is 0. The average molecular weight is 275 g/mol. The molecule has 1 aliphatic heterocycles. The molecule has 108 valence electrons. The minimum Gasteiger partial charge on any atom is -0.493 e. The van der Waals surface area contributed by atoms with E-state index in [1.807, 2.05) is 26.0 Å². The number of benzene rings is 1. The molecule has 20 heavy (non-hydrogen) atoms. The van der Waals surface area contributed by atoms with Crippen LogP contribution in [0.4, 0.5) is 0 Å². The maximum absolute atomic E-state index is 12.0. The number of ether oxygens (including phenoxy) is 1. The number of nitrogens with zero attached hydrogens (tertiary/aromatic N) is 1. The summed E-state index contributed by atoms with van der Waals surface area (Å²) < 4.78 is 5.66. The topological polar surface area (TPSA) is 46.6 Å². The standard InChI is InChI=1S/C16H21NO3/c1-12-3-4-15(13(2)11-12)20-10-7-16(19)17-8-5-14(18)6-9-17/h3-4,11H,5-10H2,1-2H3. The number of carbonyl (C=O) groups excluding carboxylic acids is 2. The number of ketones is 1. The predicted molar refractivity (Wildman–Crippen MR) is 76.8 cm³/mol. The first kappa shape index (κ1) is 14.6. The summed E-state index contributed by atoms with van der Waals surface area (Å²) >= 11 is 0. The number of piperidine rings is 1. The van der Waals surface area contributed by atoms with E-state index in [9.17, 15) is 9.59 Å². The number of amides is 1. The van der Waals surface area contributed by atoms with Crippen molar-refractivity contribution in [3.8, 4) is 5.75 Å². The van der Waals surface area contributed by atoms with Gasteiger partial charge in [0.05, 0.1) is 13.0 Å². The normalized spacial score (nSPS) is 15.3. The molecule has 2 rings (SSSR count). The lowest BCUT2D eigenvalue weighted by atomic mass is 10.1. The van der Waals surface area contributed by atoms with Gasteiger partial charge in [-0.1, -0.05) is 17.7 Å². The molecule has 1 amide bonds. The zero-order chi connectivity index (χ0) is 14.5. The molecule has 1 aliphatic rings. The molecule has 1 aromatic carbocycles. The fourth-order valence-corrected chi connectivity index (χ4v) is 2.37. The maximum atomic E-state index is 12.0. The lowest BCUT2D eigenvalue weighted by Crippen LogP contribution is -2.39. The monoisotopic (exact) mass is 275 g/mol. The van der Waals surface area contributed by atoms with Crippen molar-refractivity contribution in [2.45, 2.75) is 33.1 Å². The van der Waals surface area contributed by atoms with Crippen LogP contribution in [0.15, 0.2) is 18.2 Å². The Morgan fingerprint density at radius 1 is 1.25 bits per heavy atom. The van der Waals surface area contributed by atoms with E-state index in [-0.39, 0.29) is 11.7 Å². The lowest BCUT2D eigenvalue weighted by molar-refractivity contribution is -0.134. The van der Waals surface area contributed by atoms with Gasteiger partial charge in [-0.3, -0.25) is 9.59 Å². The van der Waals surface area contributed by atoms with Crippen LogP contribution < -0.4 is 4.74 Å². The third-order valence-electron chi connectivity index (χ3n) is 3.58. The van der Waals surface area contributed by atoms with E-state index in [0.29, 0.717) is 39.0 Å². The molecule has 1 heterocycles. The Balaban J connectivity index is 1.78. The molecule has 1 saturated heterocycles. The van der Waals surface area contributed by atoms with Gasteiger partial charge in [0, 0.05) is 25.9 Å². The SMILES string of the molecule is Cc1ccc(OCCC(=O)N2CCC(=O)CC2)c(C)c1. The van der Waals surface area contributed by atoms with E-state index >= 15 is 0 Å². The molecule has 0 saturated carbocycles. The van der Waals surface area contributed by atoms with Gasteiger partial charge in [-0.05, 0) is 25.5 Å². The number of aryl methyl sites for hydroxylation is 2. The molecule has 0 unspecified atom stereocenters. The molecule has 0 atom stereocenters. The van der Waals surface area contributed by atoms with Crippen molar-refractivity contribution < 1.29 is 14.3 Å². The minimum absolute atomic E-state index is 0.0715. The van der Waals surface area contributed by atoms with Crippen molar-refractivity contribution in [1.82, 2.24) is 4.90 Å². The highest BCUT2D eigenvalue weighted by atomic mass is 16.5. The quantitative estimate of drug-likeness (QED) is 0.847. The van der Waals surface area contributed by atoms with Crippen molar-refractivity contribution in [2.24, 2.45) is 0 Å². The van der Waals surface area contributed by atoms with Crippen molar-refractivity contribution in [1.29, 1.82) is 0 Å². The highest BCUT2D eigenvalue weighted by Crippen LogP contribution is 2.19. The van der Waals surface area contributed by atoms with Gasteiger partial charge in [0.1, 0.15) is 11.5 Å². The molecule has 1 aromatic rings. The van der Waals surface area contributed by atoms with E-state index in [1.165, 1.54) is 5.56 Å². The van der Waals surface area contributed by atoms with Gasteiger partial charge in [0.25, 0.3) is 0 Å². The lowest BCUT2D eigenvalue weighted by Gasteiger charge is -2.26. The number of rotatable bonds is 4. The third kappa shape index (κ3) is 3.83. The van der Waals surface area contributed by atoms with Crippen LogP contribution in [-0.4, -0.2) is 36.3 Å². The zero-order valence-corrected chi connectivity index (χ0v) is 12.1. The van der Waals surface area contributed by atoms with Gasteiger partial charge >= 0.3 is 0 Å². The van der Waals surface area contributed by atoms with Crippen LogP contribution in [0.3, 0.4) is 0 Å². The average Bonchev–Trinajstić information content (AvgIpc) is 2.42. The second-order valence-corrected chi connectivity index (χ2v) is 5.29. The first-order chi connectivity index (χ1) is 9.56. The number of hydrogen-bond donors (Lipinski definition) is 0. The Morgan fingerprint density at radius 3 is 2.60 bits per heavy atom. The Hall–Kier alpha value is -1.84. The van der Waals surface area contributed by atoms with E-state index in [2.05, 4.69) is 6.07 Å². The van der Waals surface area contributed by atoms with Crippen molar-refractivity contribution in [2.75, 3.05) is 19.7 Å². The van der Waals surface area contributed by atoms with Crippen molar-refractivity contribution in [3.63, 3.8) is 0 Å². The summed E-state index contributed by atoms with van der Waals surface area (Å²) in [5.74, 6) is 1.15. The van der Waals surface area contributed by atoms with Gasteiger partial charge in [0.2, 0.25) is 5.91 Å². The van der Waals surface area contributed by atoms with Gasteiger partial charge in [-0.2, -0.15) is 0 Å². The molecule has 0 N–H and O–H groups in total. The summed E-state index contributed by atoms with van der Waals surface area (Å²) in [6.45, 7) is 5.54. The Labute approximate surface area is 119 Å². The smallest absolute Gasteiger partial charge is 0.226 e. The Bertz CT molecular complexity index is 500. The number of Topliss-reactive ketones (excluding diaryl/α,β-unsaturated/α-hetero) is 1. The fraction of sp³-hybridized carbons (Fsp3) is 0.500. The van der Waals surface area contributed by atoms with E-state index in [1.54, 1.807) is 4.90 Å². The molecule has 1 fully saturated rings. The van der Waals surface area contributed by atoms with E-state index in [0.717, 1.165) is 11.3 Å². The molecule has 0 spiro atoms. The second-order valence-electron chi connectivity index (χ2n) is 5.29. The van der Waals surface area contributed by atoms with Gasteiger partial charge in [-0.15, -0.1) is 0 Å². The Kier molecular flexibility index (Phi) is 4.77. The van der Waals surface area contributed by atoms with Crippen LogP contribution in [0, 0.1) is 13.8 Å². The second kappa shape index (κ2) is 6.55. The van der Waals surface area contributed by atoms with Crippen LogP contribution in [-0.2, 0) is 9.59 Å².